The number of carbonyl (C=O) groups excluding carboxylic acids is 1. The summed E-state index contributed by atoms with van der Waals surface area (Å²) >= 11 is 1.55. The molecule has 0 radical (unpaired) electrons. The van der Waals surface area contributed by atoms with E-state index in [0.717, 1.165) is 23.5 Å². The topological polar surface area (TPSA) is 62.2 Å². The lowest BCUT2D eigenvalue weighted by molar-refractivity contribution is -0.117. The first kappa shape index (κ1) is 15.9. The summed E-state index contributed by atoms with van der Waals surface area (Å²) in [6, 6.07) is 0. The van der Waals surface area contributed by atoms with E-state index in [9.17, 15) is 9.90 Å². The fourth-order valence-electron chi connectivity index (χ4n) is 1.88. The molecule has 0 fully saturated rings. The Kier molecular flexibility index (Phi) is 6.73. The second-order valence-corrected chi connectivity index (χ2v) is 5.58. The first-order chi connectivity index (χ1) is 9.06. The van der Waals surface area contributed by atoms with Gasteiger partial charge in [-0.3, -0.25) is 4.79 Å². The Morgan fingerprint density at radius 2 is 2.21 bits per heavy atom. The summed E-state index contributed by atoms with van der Waals surface area (Å²) in [5.41, 5.74) is 0.790. The third-order valence-electron chi connectivity index (χ3n) is 3.12. The molecular weight excluding hydrogens is 260 g/mol. The summed E-state index contributed by atoms with van der Waals surface area (Å²) in [6.07, 6.45) is 4.49. The molecule has 1 atom stereocenters. The summed E-state index contributed by atoms with van der Waals surface area (Å²) in [4.78, 5) is 15.8. The van der Waals surface area contributed by atoms with Crippen molar-refractivity contribution in [2.45, 2.75) is 39.7 Å². The number of nitrogens with one attached hydrogen (secondary N) is 1. The number of rotatable bonds is 7. The monoisotopic (exact) mass is 282 g/mol. The van der Waals surface area contributed by atoms with Crippen molar-refractivity contribution in [1.29, 1.82) is 0 Å². The van der Waals surface area contributed by atoms with E-state index in [2.05, 4.69) is 10.3 Å². The minimum atomic E-state index is -0.478. The van der Waals surface area contributed by atoms with Crippen LogP contribution in [0, 0.1) is 12.8 Å². The van der Waals surface area contributed by atoms with Crippen LogP contribution in [0.3, 0.4) is 0 Å². The van der Waals surface area contributed by atoms with E-state index < -0.39 is 6.10 Å². The zero-order chi connectivity index (χ0) is 14.3. The molecule has 1 aromatic heterocycles. The standard InChI is InChI=1S/C14H22N2O2S/c1-4-11(5-2)13(17)8-15-14(18)7-6-12-9-19-10(3)16-12/h6-7,9,11,13,17H,4-5,8H2,1-3H3,(H,15,18)/b7-6+. The summed E-state index contributed by atoms with van der Waals surface area (Å²) < 4.78 is 0. The predicted molar refractivity (Wildman–Crippen MR) is 79.0 cm³/mol. The Hall–Kier alpha value is -1.20. The number of thiazole rings is 1. The summed E-state index contributed by atoms with van der Waals surface area (Å²) in [6.45, 7) is 6.31. The van der Waals surface area contributed by atoms with E-state index in [1.807, 2.05) is 26.2 Å². The lowest BCUT2D eigenvalue weighted by atomic mass is 9.96. The number of hydrogen-bond acceptors (Lipinski definition) is 4. The maximum Gasteiger partial charge on any atom is 0.244 e. The Bertz CT molecular complexity index is 425. The molecule has 0 aromatic carbocycles. The van der Waals surface area contributed by atoms with Gasteiger partial charge in [0.2, 0.25) is 5.91 Å². The first-order valence-electron chi connectivity index (χ1n) is 6.62. The van der Waals surface area contributed by atoms with E-state index in [-0.39, 0.29) is 11.8 Å². The van der Waals surface area contributed by atoms with Gasteiger partial charge in [-0.1, -0.05) is 26.7 Å². The minimum absolute atomic E-state index is 0.198. The van der Waals surface area contributed by atoms with Gasteiger partial charge in [0.05, 0.1) is 16.8 Å². The van der Waals surface area contributed by atoms with Gasteiger partial charge in [-0.25, -0.2) is 4.98 Å². The maximum atomic E-state index is 11.6. The molecule has 1 heterocycles. The summed E-state index contributed by atoms with van der Waals surface area (Å²) in [5.74, 6) is 0.0427. The molecule has 0 bridgehead atoms. The quantitative estimate of drug-likeness (QED) is 0.755. The summed E-state index contributed by atoms with van der Waals surface area (Å²) in [7, 11) is 0. The number of nitrogens with zero attached hydrogens (tertiary/aromatic N) is 1. The lowest BCUT2D eigenvalue weighted by Crippen LogP contribution is -2.35. The molecule has 0 saturated carbocycles. The van der Waals surface area contributed by atoms with E-state index in [1.165, 1.54) is 6.08 Å². The molecular formula is C14H22N2O2S. The number of aromatic nitrogens is 1. The van der Waals surface area contributed by atoms with E-state index in [1.54, 1.807) is 17.4 Å². The normalized spacial score (nSPS) is 13.1. The number of amides is 1. The zero-order valence-corrected chi connectivity index (χ0v) is 12.5. The van der Waals surface area contributed by atoms with Crippen LogP contribution in [0.2, 0.25) is 0 Å². The summed E-state index contributed by atoms with van der Waals surface area (Å²) in [5, 5.41) is 15.5. The lowest BCUT2D eigenvalue weighted by Gasteiger charge is -2.19. The molecule has 0 saturated heterocycles. The van der Waals surface area contributed by atoms with E-state index in [4.69, 9.17) is 0 Å². The van der Waals surface area contributed by atoms with Gasteiger partial charge in [0.15, 0.2) is 0 Å². The van der Waals surface area contributed by atoms with Crippen molar-refractivity contribution in [2.24, 2.45) is 5.92 Å². The van der Waals surface area contributed by atoms with Gasteiger partial charge >= 0.3 is 0 Å². The molecule has 0 aliphatic carbocycles. The number of carbonyl (C=O) groups is 1. The predicted octanol–water partition coefficient (Wildman–Crippen LogP) is 2.38. The van der Waals surface area contributed by atoms with Crippen molar-refractivity contribution in [1.82, 2.24) is 10.3 Å². The van der Waals surface area contributed by atoms with E-state index in [0.29, 0.717) is 6.54 Å². The molecule has 106 valence electrons. The van der Waals surface area contributed by atoms with Gasteiger partial charge in [0.25, 0.3) is 0 Å². The first-order valence-corrected chi connectivity index (χ1v) is 7.50. The smallest absolute Gasteiger partial charge is 0.244 e. The Morgan fingerprint density at radius 3 is 2.74 bits per heavy atom. The van der Waals surface area contributed by atoms with Crippen molar-refractivity contribution in [2.75, 3.05) is 6.54 Å². The van der Waals surface area contributed by atoms with E-state index >= 15 is 0 Å². The molecule has 19 heavy (non-hydrogen) atoms. The van der Waals surface area contributed by atoms with Crippen LogP contribution in [-0.4, -0.2) is 28.6 Å². The molecule has 1 rings (SSSR count). The van der Waals surface area contributed by atoms with Crippen molar-refractivity contribution < 1.29 is 9.90 Å². The second-order valence-electron chi connectivity index (χ2n) is 4.51. The number of hydrogen-bond donors (Lipinski definition) is 2. The highest BCUT2D eigenvalue weighted by molar-refractivity contribution is 7.09. The highest BCUT2D eigenvalue weighted by Gasteiger charge is 2.15. The number of aliphatic hydroxyl groups is 1. The van der Waals surface area contributed by atoms with Crippen molar-refractivity contribution in [3.8, 4) is 0 Å². The third kappa shape index (κ3) is 5.53. The maximum absolute atomic E-state index is 11.6. The van der Waals surface area contributed by atoms with Crippen LogP contribution in [0.25, 0.3) is 6.08 Å². The fraction of sp³-hybridized carbons (Fsp3) is 0.571. The minimum Gasteiger partial charge on any atom is -0.391 e. The van der Waals surface area contributed by atoms with Gasteiger partial charge in [-0.2, -0.15) is 0 Å². The molecule has 2 N–H and O–H groups in total. The third-order valence-corrected chi connectivity index (χ3v) is 3.91. The molecule has 1 unspecified atom stereocenters. The average molecular weight is 282 g/mol. The van der Waals surface area contributed by atoms with Crippen LogP contribution < -0.4 is 5.32 Å². The Labute approximate surface area is 118 Å². The molecule has 5 heteroatoms. The van der Waals surface area contributed by atoms with Crippen molar-refractivity contribution >= 4 is 23.3 Å². The largest absolute Gasteiger partial charge is 0.391 e. The molecule has 1 amide bonds. The Balaban J connectivity index is 2.37. The van der Waals surface area contributed by atoms with Gasteiger partial charge in [-0.05, 0) is 18.9 Å². The van der Waals surface area contributed by atoms with Gasteiger partial charge < -0.3 is 10.4 Å². The second kappa shape index (κ2) is 8.07. The van der Waals surface area contributed by atoms with Crippen molar-refractivity contribution in [3.05, 3.63) is 22.2 Å². The fourth-order valence-corrected chi connectivity index (χ4v) is 2.46. The molecule has 0 aliphatic heterocycles. The van der Waals surface area contributed by atoms with Crippen LogP contribution in [0.4, 0.5) is 0 Å². The molecule has 0 spiro atoms. The zero-order valence-electron chi connectivity index (χ0n) is 11.7. The highest BCUT2D eigenvalue weighted by atomic mass is 32.1. The van der Waals surface area contributed by atoms with Crippen LogP contribution in [0.1, 0.15) is 37.4 Å². The number of aliphatic hydroxyl groups excluding tert-OH is 1. The molecule has 0 aliphatic rings. The molecule has 4 nitrogen and oxygen atoms in total. The highest BCUT2D eigenvalue weighted by Crippen LogP contribution is 2.12. The average Bonchev–Trinajstić information content (AvgIpc) is 2.81. The Morgan fingerprint density at radius 1 is 1.53 bits per heavy atom. The van der Waals surface area contributed by atoms with Gasteiger partial charge in [0, 0.05) is 18.0 Å². The van der Waals surface area contributed by atoms with Crippen LogP contribution in [0.5, 0.6) is 0 Å². The van der Waals surface area contributed by atoms with Crippen molar-refractivity contribution in [3.63, 3.8) is 0 Å². The van der Waals surface area contributed by atoms with Crippen LogP contribution in [-0.2, 0) is 4.79 Å². The molecule has 1 aromatic rings. The van der Waals surface area contributed by atoms with Crippen LogP contribution in [0.15, 0.2) is 11.5 Å². The van der Waals surface area contributed by atoms with Gasteiger partial charge in [0.1, 0.15) is 0 Å². The van der Waals surface area contributed by atoms with Gasteiger partial charge in [-0.15, -0.1) is 11.3 Å². The number of aryl methyl sites for hydroxylation is 1. The SMILES string of the molecule is CCC(CC)C(O)CNC(=O)/C=C/c1csc(C)n1. The van der Waals surface area contributed by atoms with Crippen LogP contribution >= 0.6 is 11.3 Å².